The predicted molar refractivity (Wildman–Crippen MR) is 122 cm³/mol. The van der Waals surface area contributed by atoms with Gasteiger partial charge in [0.05, 0.1) is 12.1 Å². The number of hydrogen-bond donors (Lipinski definition) is 0. The van der Waals surface area contributed by atoms with Gasteiger partial charge in [0.25, 0.3) is 0 Å². The third-order valence-electron chi connectivity index (χ3n) is 8.46. The van der Waals surface area contributed by atoms with Gasteiger partial charge in [0, 0.05) is 6.54 Å². The largest absolute Gasteiger partial charge is 0.262 e. The van der Waals surface area contributed by atoms with E-state index < -0.39 is 11.1 Å². The molecule has 2 aromatic rings. The summed E-state index contributed by atoms with van der Waals surface area (Å²) in [7, 11) is 0. The summed E-state index contributed by atoms with van der Waals surface area (Å²) in [6.45, 7) is 0.691. The second-order valence-electron chi connectivity index (χ2n) is 9.78. The van der Waals surface area contributed by atoms with Gasteiger partial charge in [0.1, 0.15) is 11.1 Å². The molecule has 0 spiro atoms. The molecule has 3 nitrogen and oxygen atoms in total. The van der Waals surface area contributed by atoms with Gasteiger partial charge in [0.15, 0.2) is 0 Å². The Morgan fingerprint density at radius 2 is 1.26 bits per heavy atom. The fourth-order valence-electron chi connectivity index (χ4n) is 7.21. The van der Waals surface area contributed by atoms with Crippen LogP contribution in [0.15, 0.2) is 60.7 Å². The highest BCUT2D eigenvalue weighted by molar-refractivity contribution is 5.36. The van der Waals surface area contributed by atoms with E-state index in [1.54, 1.807) is 0 Å². The molecule has 0 N–H and O–H groups in total. The van der Waals surface area contributed by atoms with Crippen LogP contribution in [-0.4, -0.2) is 16.0 Å². The molecule has 5 rings (SSSR count). The van der Waals surface area contributed by atoms with Crippen molar-refractivity contribution < 1.29 is 0 Å². The number of benzene rings is 2. The maximum absolute atomic E-state index is 10.8. The lowest BCUT2D eigenvalue weighted by atomic mass is 9.51. The fourth-order valence-corrected chi connectivity index (χ4v) is 7.21. The van der Waals surface area contributed by atoms with E-state index >= 15 is 0 Å². The Labute approximate surface area is 186 Å². The van der Waals surface area contributed by atoms with E-state index in [0.29, 0.717) is 6.54 Å². The van der Waals surface area contributed by atoms with Crippen molar-refractivity contribution >= 4 is 0 Å². The highest BCUT2D eigenvalue weighted by atomic mass is 15.3. The van der Waals surface area contributed by atoms with E-state index in [-0.39, 0.29) is 17.8 Å². The minimum atomic E-state index is -0.571. The Bertz CT molecular complexity index is 946. The molecule has 3 fully saturated rings. The average Bonchev–Trinajstić information content (AvgIpc) is 2.85. The van der Waals surface area contributed by atoms with Crippen molar-refractivity contribution in [2.45, 2.75) is 74.9 Å². The first kappa shape index (κ1) is 20.3. The summed E-state index contributed by atoms with van der Waals surface area (Å²) in [4.78, 5) is 2.41. The Kier molecular flexibility index (Phi) is 5.33. The van der Waals surface area contributed by atoms with Crippen LogP contribution in [0, 0.1) is 34.5 Å². The second kappa shape index (κ2) is 8.14. The van der Waals surface area contributed by atoms with E-state index in [0.717, 1.165) is 38.5 Å². The Balaban J connectivity index is 1.70. The molecule has 3 heteroatoms. The van der Waals surface area contributed by atoms with E-state index in [1.807, 2.05) is 6.07 Å². The molecule has 1 saturated heterocycles. The summed E-state index contributed by atoms with van der Waals surface area (Å²) < 4.78 is 0. The van der Waals surface area contributed by atoms with Crippen molar-refractivity contribution in [2.24, 2.45) is 11.8 Å². The molecular formula is C28H31N3. The van der Waals surface area contributed by atoms with Gasteiger partial charge in [-0.2, -0.15) is 10.5 Å². The van der Waals surface area contributed by atoms with Crippen molar-refractivity contribution in [2.75, 3.05) is 0 Å². The maximum Gasteiger partial charge on any atom is 0.114 e. The minimum absolute atomic E-state index is 0.280. The van der Waals surface area contributed by atoms with Crippen LogP contribution in [0.25, 0.3) is 0 Å². The van der Waals surface area contributed by atoms with Gasteiger partial charge in [-0.3, -0.25) is 4.90 Å². The van der Waals surface area contributed by atoms with Crippen molar-refractivity contribution in [3.05, 3.63) is 71.8 Å². The van der Waals surface area contributed by atoms with Gasteiger partial charge < -0.3 is 0 Å². The molecule has 0 radical (unpaired) electrons. The third-order valence-corrected chi connectivity index (χ3v) is 8.46. The molecule has 158 valence electrons. The summed E-state index contributed by atoms with van der Waals surface area (Å²) in [5, 5.41) is 21.6. The lowest BCUT2D eigenvalue weighted by Crippen LogP contribution is -2.72. The molecule has 31 heavy (non-hydrogen) atoms. The van der Waals surface area contributed by atoms with E-state index in [1.165, 1.54) is 24.0 Å². The molecule has 4 unspecified atom stereocenters. The van der Waals surface area contributed by atoms with Gasteiger partial charge in [0.2, 0.25) is 0 Å². The quantitative estimate of drug-likeness (QED) is 0.607. The average molecular weight is 410 g/mol. The van der Waals surface area contributed by atoms with Crippen LogP contribution >= 0.6 is 0 Å². The van der Waals surface area contributed by atoms with Crippen molar-refractivity contribution in [1.29, 1.82) is 10.5 Å². The molecule has 4 atom stereocenters. The number of fused-ring (bicyclic) bond motifs is 2. The van der Waals surface area contributed by atoms with Gasteiger partial charge in [-0.05, 0) is 54.6 Å². The zero-order chi connectivity index (χ0) is 21.3. The molecule has 0 aromatic heterocycles. The molecule has 3 aliphatic rings. The SMILES string of the molecule is N#CC12CCCCC1C(c1ccccc1)C1CCCCC1(C#N)N2Cc1ccccc1. The van der Waals surface area contributed by atoms with Gasteiger partial charge in [-0.1, -0.05) is 86.3 Å². The number of hydrogen-bond acceptors (Lipinski definition) is 3. The minimum Gasteiger partial charge on any atom is -0.262 e. The number of likely N-dealkylation sites (tertiary alicyclic amines) is 1. The number of piperidine rings is 1. The third kappa shape index (κ3) is 3.10. The maximum atomic E-state index is 10.8. The predicted octanol–water partition coefficient (Wildman–Crippen LogP) is 6.19. The molecule has 2 aromatic carbocycles. The highest BCUT2D eigenvalue weighted by Gasteiger charge is 2.65. The van der Waals surface area contributed by atoms with Crippen LogP contribution in [0.3, 0.4) is 0 Å². The van der Waals surface area contributed by atoms with Crippen molar-refractivity contribution in [3.8, 4) is 12.1 Å². The van der Waals surface area contributed by atoms with Crippen molar-refractivity contribution in [1.82, 2.24) is 4.90 Å². The first-order valence-corrected chi connectivity index (χ1v) is 11.9. The van der Waals surface area contributed by atoms with Gasteiger partial charge in [-0.25, -0.2) is 0 Å². The Hall–Kier alpha value is -2.62. The number of rotatable bonds is 3. The molecule has 2 saturated carbocycles. The summed E-state index contributed by atoms with van der Waals surface area (Å²) >= 11 is 0. The molecule has 1 heterocycles. The summed E-state index contributed by atoms with van der Waals surface area (Å²) in [6.07, 6.45) is 8.42. The van der Waals surface area contributed by atoms with Crippen LogP contribution < -0.4 is 0 Å². The van der Waals surface area contributed by atoms with Crippen LogP contribution in [0.4, 0.5) is 0 Å². The summed E-state index contributed by atoms with van der Waals surface area (Å²) in [5.41, 5.74) is 1.40. The van der Waals surface area contributed by atoms with Crippen LogP contribution in [0.1, 0.15) is 68.4 Å². The number of nitrogens with zero attached hydrogens (tertiary/aromatic N) is 3. The zero-order valence-corrected chi connectivity index (χ0v) is 18.2. The standard InChI is InChI=1S/C28H31N3/c29-20-27-17-9-7-15-24(27)26(23-13-5-2-6-14-23)25-16-8-10-18-28(25,21-30)31(27)19-22-11-3-1-4-12-22/h1-6,11-14,24-26H,7-10,15-19H2. The molecule has 1 aliphatic heterocycles. The normalized spacial score (nSPS) is 35.2. The lowest BCUT2D eigenvalue weighted by Gasteiger charge is -2.64. The van der Waals surface area contributed by atoms with E-state index in [2.05, 4.69) is 71.6 Å². The first-order chi connectivity index (χ1) is 15.2. The fraction of sp³-hybridized carbons (Fsp3) is 0.500. The first-order valence-electron chi connectivity index (χ1n) is 11.9. The lowest BCUT2D eigenvalue weighted by molar-refractivity contribution is -0.130. The van der Waals surface area contributed by atoms with Gasteiger partial charge >= 0.3 is 0 Å². The zero-order valence-electron chi connectivity index (χ0n) is 18.2. The molecule has 0 bridgehead atoms. The summed E-state index contributed by atoms with van der Waals surface area (Å²) in [6, 6.07) is 27.0. The van der Waals surface area contributed by atoms with Gasteiger partial charge in [-0.15, -0.1) is 0 Å². The number of nitriles is 2. The van der Waals surface area contributed by atoms with Crippen LogP contribution in [0.5, 0.6) is 0 Å². The Morgan fingerprint density at radius 1 is 0.742 bits per heavy atom. The smallest absolute Gasteiger partial charge is 0.114 e. The van der Waals surface area contributed by atoms with E-state index in [9.17, 15) is 10.5 Å². The van der Waals surface area contributed by atoms with Crippen LogP contribution in [0.2, 0.25) is 0 Å². The second-order valence-corrected chi connectivity index (χ2v) is 9.78. The van der Waals surface area contributed by atoms with Crippen molar-refractivity contribution in [3.63, 3.8) is 0 Å². The Morgan fingerprint density at radius 3 is 1.77 bits per heavy atom. The van der Waals surface area contributed by atoms with Crippen LogP contribution in [-0.2, 0) is 6.54 Å². The molecular weight excluding hydrogens is 378 g/mol. The van der Waals surface area contributed by atoms with E-state index in [4.69, 9.17) is 0 Å². The highest BCUT2D eigenvalue weighted by Crippen LogP contribution is 2.61. The summed E-state index contributed by atoms with van der Waals surface area (Å²) in [5.74, 6) is 0.844. The monoisotopic (exact) mass is 409 g/mol. The topological polar surface area (TPSA) is 50.8 Å². The molecule has 0 amide bonds. The molecule has 2 aliphatic carbocycles.